The molecule has 0 saturated carbocycles. The van der Waals surface area contributed by atoms with E-state index in [-0.39, 0.29) is 23.8 Å². The van der Waals surface area contributed by atoms with E-state index in [4.69, 9.17) is 16.3 Å². The van der Waals surface area contributed by atoms with Gasteiger partial charge in [0.1, 0.15) is 28.2 Å². The topological polar surface area (TPSA) is 52.8 Å². The lowest BCUT2D eigenvalue weighted by molar-refractivity contribution is 0.335. The quantitative estimate of drug-likeness (QED) is 0.344. The summed E-state index contributed by atoms with van der Waals surface area (Å²) in [5.74, 6) is -0.699. The molecule has 31 heavy (non-hydrogen) atoms. The van der Waals surface area contributed by atoms with Gasteiger partial charge >= 0.3 is 0 Å². The molecule has 8 heteroatoms. The summed E-state index contributed by atoms with van der Waals surface area (Å²) in [6.45, 7) is 6.00. The lowest BCUT2D eigenvalue weighted by Crippen LogP contribution is -2.07. The number of halogens is 3. The molecule has 0 amide bonds. The molecule has 0 spiro atoms. The predicted molar refractivity (Wildman–Crippen MR) is 116 cm³/mol. The minimum Gasteiger partial charge on any atom is -0.494 e. The standard InChI is InChI=1S/C23H21ClF2N4O/c1-4-31-14-9-17(25)16(18(26)10-14)12-30-20-8-6-5-7-15(20)22(29-30)23-27-19(13(2)3)11-21(24)28-23/h5-11,13H,4,12H2,1-3H3. The van der Waals surface area contributed by atoms with Crippen LogP contribution in [-0.2, 0) is 6.54 Å². The third-order valence-electron chi connectivity index (χ3n) is 4.91. The highest BCUT2D eigenvalue weighted by Crippen LogP contribution is 2.29. The molecule has 0 atom stereocenters. The van der Waals surface area contributed by atoms with Gasteiger partial charge in [0.15, 0.2) is 5.82 Å². The lowest BCUT2D eigenvalue weighted by Gasteiger charge is -2.10. The molecule has 4 rings (SSSR count). The summed E-state index contributed by atoms with van der Waals surface area (Å²) in [5.41, 5.74) is 1.90. The van der Waals surface area contributed by atoms with E-state index in [1.807, 2.05) is 38.1 Å². The van der Waals surface area contributed by atoms with Crippen molar-refractivity contribution >= 4 is 22.5 Å². The Labute approximate surface area is 183 Å². The van der Waals surface area contributed by atoms with E-state index in [1.165, 1.54) is 12.1 Å². The molecule has 2 aromatic carbocycles. The summed E-state index contributed by atoms with van der Waals surface area (Å²) >= 11 is 6.22. The van der Waals surface area contributed by atoms with Crippen LogP contribution in [-0.4, -0.2) is 26.4 Å². The molecule has 2 aromatic heterocycles. The maximum Gasteiger partial charge on any atom is 0.182 e. The maximum atomic E-state index is 14.6. The van der Waals surface area contributed by atoms with Gasteiger partial charge in [-0.15, -0.1) is 0 Å². The number of ether oxygens (including phenoxy) is 1. The molecule has 0 saturated heterocycles. The molecular weight excluding hydrogens is 422 g/mol. The molecule has 0 radical (unpaired) electrons. The van der Waals surface area contributed by atoms with Crippen LogP contribution in [0.25, 0.3) is 22.4 Å². The van der Waals surface area contributed by atoms with Crippen LogP contribution in [0.3, 0.4) is 0 Å². The normalized spacial score (nSPS) is 11.5. The van der Waals surface area contributed by atoms with Crippen molar-refractivity contribution < 1.29 is 13.5 Å². The fourth-order valence-corrected chi connectivity index (χ4v) is 3.57. The van der Waals surface area contributed by atoms with E-state index < -0.39 is 11.6 Å². The Bertz CT molecular complexity index is 1230. The Balaban J connectivity index is 1.82. The van der Waals surface area contributed by atoms with Gasteiger partial charge in [0.25, 0.3) is 0 Å². The summed E-state index contributed by atoms with van der Waals surface area (Å²) in [7, 11) is 0. The predicted octanol–water partition coefficient (Wildman–Crippen LogP) is 6.00. The summed E-state index contributed by atoms with van der Waals surface area (Å²) in [4.78, 5) is 8.94. The first-order valence-electron chi connectivity index (χ1n) is 9.98. The van der Waals surface area contributed by atoms with Crippen LogP contribution in [0.4, 0.5) is 8.78 Å². The highest BCUT2D eigenvalue weighted by molar-refractivity contribution is 6.29. The zero-order valence-corrected chi connectivity index (χ0v) is 18.1. The largest absolute Gasteiger partial charge is 0.494 e. The molecule has 160 valence electrons. The highest BCUT2D eigenvalue weighted by atomic mass is 35.5. The minimum absolute atomic E-state index is 0.0951. The van der Waals surface area contributed by atoms with Crippen molar-refractivity contribution in [3.63, 3.8) is 0 Å². The van der Waals surface area contributed by atoms with Crippen molar-refractivity contribution in [1.82, 2.24) is 19.7 Å². The van der Waals surface area contributed by atoms with E-state index in [2.05, 4.69) is 15.1 Å². The van der Waals surface area contributed by atoms with Gasteiger partial charge in [-0.2, -0.15) is 5.10 Å². The smallest absolute Gasteiger partial charge is 0.182 e. The third-order valence-corrected chi connectivity index (χ3v) is 5.10. The molecule has 0 N–H and O–H groups in total. The maximum absolute atomic E-state index is 14.6. The van der Waals surface area contributed by atoms with E-state index in [9.17, 15) is 8.78 Å². The second-order valence-electron chi connectivity index (χ2n) is 7.42. The van der Waals surface area contributed by atoms with Gasteiger partial charge in [-0.1, -0.05) is 43.6 Å². The average molecular weight is 443 g/mol. The zero-order chi connectivity index (χ0) is 22.1. The molecule has 5 nitrogen and oxygen atoms in total. The van der Waals surface area contributed by atoms with Gasteiger partial charge in [-0.05, 0) is 25.0 Å². The number of fused-ring (bicyclic) bond motifs is 1. The van der Waals surface area contributed by atoms with Crippen LogP contribution in [0, 0.1) is 11.6 Å². The Morgan fingerprint density at radius 2 is 1.77 bits per heavy atom. The number of nitrogens with zero attached hydrogens (tertiary/aromatic N) is 4. The van der Waals surface area contributed by atoms with Gasteiger partial charge in [-0.25, -0.2) is 18.7 Å². The van der Waals surface area contributed by atoms with E-state index in [0.717, 1.165) is 11.1 Å². The summed E-state index contributed by atoms with van der Waals surface area (Å²) in [6.07, 6.45) is 0. The number of hydrogen-bond donors (Lipinski definition) is 0. The number of benzene rings is 2. The number of hydrogen-bond acceptors (Lipinski definition) is 4. The van der Waals surface area contributed by atoms with Crippen LogP contribution in [0.2, 0.25) is 5.15 Å². The minimum atomic E-state index is -0.689. The average Bonchev–Trinajstić information content (AvgIpc) is 3.09. The van der Waals surface area contributed by atoms with E-state index in [1.54, 1.807) is 17.7 Å². The zero-order valence-electron chi connectivity index (χ0n) is 17.4. The van der Waals surface area contributed by atoms with Crippen LogP contribution in [0.5, 0.6) is 5.75 Å². The van der Waals surface area contributed by atoms with Crippen LogP contribution in [0.15, 0.2) is 42.5 Å². The summed E-state index contributed by atoms with van der Waals surface area (Å²) in [5, 5.41) is 5.69. The Kier molecular flexibility index (Phi) is 5.87. The van der Waals surface area contributed by atoms with Gasteiger partial charge in [0.05, 0.1) is 18.7 Å². The third kappa shape index (κ3) is 4.23. The second-order valence-corrected chi connectivity index (χ2v) is 7.80. The summed E-state index contributed by atoms with van der Waals surface area (Å²) < 4.78 is 36.0. The Morgan fingerprint density at radius 1 is 1.06 bits per heavy atom. The van der Waals surface area contributed by atoms with E-state index >= 15 is 0 Å². The van der Waals surface area contributed by atoms with Crippen molar-refractivity contribution in [2.75, 3.05) is 6.61 Å². The van der Waals surface area contributed by atoms with Gasteiger partial charge in [-0.3, -0.25) is 4.68 Å². The Morgan fingerprint density at radius 3 is 2.45 bits per heavy atom. The van der Waals surface area contributed by atoms with Crippen LogP contribution < -0.4 is 4.74 Å². The number of aromatic nitrogens is 4. The molecule has 0 aliphatic carbocycles. The van der Waals surface area contributed by atoms with Crippen LogP contribution in [0.1, 0.15) is 37.9 Å². The SMILES string of the molecule is CCOc1cc(F)c(Cn2nc(-c3nc(Cl)cc(C(C)C)n3)c3ccccc32)c(F)c1. The van der Waals surface area contributed by atoms with Crippen molar-refractivity contribution in [2.24, 2.45) is 0 Å². The molecule has 2 heterocycles. The van der Waals surface area contributed by atoms with Gasteiger partial charge in [0.2, 0.25) is 0 Å². The van der Waals surface area contributed by atoms with Gasteiger partial charge in [0, 0.05) is 28.8 Å². The summed E-state index contributed by atoms with van der Waals surface area (Å²) in [6, 6.07) is 11.5. The Hall–Kier alpha value is -3.06. The molecule has 0 unspecified atom stereocenters. The first-order valence-corrected chi connectivity index (χ1v) is 10.4. The second kappa shape index (κ2) is 8.59. The first kappa shape index (κ1) is 21.2. The first-order chi connectivity index (χ1) is 14.9. The molecule has 4 aromatic rings. The molecule has 0 aliphatic heterocycles. The fraction of sp³-hybridized carbons (Fsp3) is 0.261. The number of para-hydroxylation sites is 1. The monoisotopic (exact) mass is 442 g/mol. The van der Waals surface area contributed by atoms with Crippen molar-refractivity contribution in [2.45, 2.75) is 33.2 Å². The highest BCUT2D eigenvalue weighted by Gasteiger charge is 2.19. The molecule has 0 fully saturated rings. The van der Waals surface area contributed by atoms with Crippen molar-refractivity contribution in [1.29, 1.82) is 0 Å². The van der Waals surface area contributed by atoms with Crippen LogP contribution >= 0.6 is 11.6 Å². The van der Waals surface area contributed by atoms with Crippen molar-refractivity contribution in [3.05, 3.63) is 70.5 Å². The van der Waals surface area contributed by atoms with Gasteiger partial charge < -0.3 is 4.74 Å². The molecule has 0 bridgehead atoms. The molecular formula is C23H21ClF2N4O. The lowest BCUT2D eigenvalue weighted by atomic mass is 10.1. The number of rotatable bonds is 6. The fourth-order valence-electron chi connectivity index (χ4n) is 3.38. The van der Waals surface area contributed by atoms with Crippen molar-refractivity contribution in [3.8, 4) is 17.3 Å². The molecule has 0 aliphatic rings. The van der Waals surface area contributed by atoms with E-state index in [0.29, 0.717) is 28.8 Å².